The van der Waals surface area contributed by atoms with Crippen LogP contribution in [0, 0.1) is 11.8 Å². The highest BCUT2D eigenvalue weighted by Crippen LogP contribution is 2.51. The van der Waals surface area contributed by atoms with Crippen molar-refractivity contribution < 1.29 is 4.74 Å². The zero-order valence-electron chi connectivity index (χ0n) is 9.30. The standard InChI is InChI=1S/C12H23NO/c1-2-14-7-3-6-12(13)9-10-4-5-11(12)8-10/h10-11H,2-9,13H2,1H3. The summed E-state index contributed by atoms with van der Waals surface area (Å²) in [5, 5.41) is 0. The lowest BCUT2D eigenvalue weighted by Gasteiger charge is -2.33. The lowest BCUT2D eigenvalue weighted by molar-refractivity contribution is 0.130. The lowest BCUT2D eigenvalue weighted by Crippen LogP contribution is -2.45. The predicted octanol–water partition coefficient (Wildman–Crippen LogP) is 2.32. The second kappa shape index (κ2) is 4.19. The van der Waals surface area contributed by atoms with E-state index in [2.05, 4.69) is 6.92 Å². The molecule has 0 aromatic heterocycles. The molecule has 2 fully saturated rings. The van der Waals surface area contributed by atoms with Crippen LogP contribution < -0.4 is 5.73 Å². The molecular weight excluding hydrogens is 174 g/mol. The van der Waals surface area contributed by atoms with E-state index in [0.717, 1.165) is 31.5 Å². The Morgan fingerprint density at radius 2 is 2.29 bits per heavy atom. The van der Waals surface area contributed by atoms with Crippen LogP contribution in [0.1, 0.15) is 45.4 Å². The Labute approximate surface area is 87.2 Å². The maximum absolute atomic E-state index is 6.47. The van der Waals surface area contributed by atoms with Gasteiger partial charge in [0.05, 0.1) is 0 Å². The van der Waals surface area contributed by atoms with Gasteiger partial charge in [-0.05, 0) is 50.9 Å². The molecule has 2 rings (SSSR count). The van der Waals surface area contributed by atoms with E-state index < -0.39 is 0 Å². The highest BCUT2D eigenvalue weighted by Gasteiger charge is 2.47. The molecule has 0 aromatic rings. The molecule has 3 atom stereocenters. The number of nitrogens with two attached hydrogens (primary N) is 1. The van der Waals surface area contributed by atoms with E-state index >= 15 is 0 Å². The Morgan fingerprint density at radius 1 is 1.43 bits per heavy atom. The van der Waals surface area contributed by atoms with Crippen molar-refractivity contribution >= 4 is 0 Å². The topological polar surface area (TPSA) is 35.2 Å². The molecule has 2 bridgehead atoms. The largest absolute Gasteiger partial charge is 0.382 e. The summed E-state index contributed by atoms with van der Waals surface area (Å²) >= 11 is 0. The van der Waals surface area contributed by atoms with Crippen molar-refractivity contribution in [3.05, 3.63) is 0 Å². The van der Waals surface area contributed by atoms with Gasteiger partial charge in [-0.1, -0.05) is 6.42 Å². The number of rotatable bonds is 5. The second-order valence-corrected chi connectivity index (χ2v) is 5.11. The summed E-state index contributed by atoms with van der Waals surface area (Å²) in [5.41, 5.74) is 6.65. The van der Waals surface area contributed by atoms with Gasteiger partial charge in [-0.3, -0.25) is 0 Å². The summed E-state index contributed by atoms with van der Waals surface area (Å²) < 4.78 is 5.36. The number of hydrogen-bond acceptors (Lipinski definition) is 2. The highest BCUT2D eigenvalue weighted by atomic mass is 16.5. The van der Waals surface area contributed by atoms with Crippen molar-refractivity contribution in [2.45, 2.75) is 51.0 Å². The lowest BCUT2D eigenvalue weighted by atomic mass is 9.79. The molecule has 0 heterocycles. The van der Waals surface area contributed by atoms with Crippen LogP contribution in [0.5, 0.6) is 0 Å². The van der Waals surface area contributed by atoms with Gasteiger partial charge in [-0.2, -0.15) is 0 Å². The van der Waals surface area contributed by atoms with Crippen LogP contribution in [-0.2, 0) is 4.74 Å². The molecule has 2 nitrogen and oxygen atoms in total. The van der Waals surface area contributed by atoms with Gasteiger partial charge in [0.2, 0.25) is 0 Å². The van der Waals surface area contributed by atoms with Crippen LogP contribution in [0.4, 0.5) is 0 Å². The minimum Gasteiger partial charge on any atom is -0.382 e. The van der Waals surface area contributed by atoms with Crippen LogP contribution in [0.3, 0.4) is 0 Å². The maximum Gasteiger partial charge on any atom is 0.0466 e. The predicted molar refractivity (Wildman–Crippen MR) is 58.1 cm³/mol. The summed E-state index contributed by atoms with van der Waals surface area (Å²) in [4.78, 5) is 0. The van der Waals surface area contributed by atoms with E-state index in [-0.39, 0.29) is 5.54 Å². The minimum atomic E-state index is 0.181. The first kappa shape index (κ1) is 10.4. The molecule has 0 spiro atoms. The molecule has 2 aliphatic carbocycles. The van der Waals surface area contributed by atoms with Crippen LogP contribution in [0.25, 0.3) is 0 Å². The van der Waals surface area contributed by atoms with Gasteiger partial charge in [0.25, 0.3) is 0 Å². The smallest absolute Gasteiger partial charge is 0.0466 e. The Hall–Kier alpha value is -0.0800. The second-order valence-electron chi connectivity index (χ2n) is 5.11. The fourth-order valence-electron chi connectivity index (χ4n) is 3.44. The highest BCUT2D eigenvalue weighted by molar-refractivity contribution is 5.03. The van der Waals surface area contributed by atoms with Crippen LogP contribution in [-0.4, -0.2) is 18.8 Å². The van der Waals surface area contributed by atoms with Gasteiger partial charge in [0, 0.05) is 18.8 Å². The molecule has 2 N–H and O–H groups in total. The van der Waals surface area contributed by atoms with E-state index in [0.29, 0.717) is 0 Å². The third-order valence-corrected chi connectivity index (χ3v) is 4.16. The first-order chi connectivity index (χ1) is 6.74. The van der Waals surface area contributed by atoms with Crippen molar-refractivity contribution in [3.63, 3.8) is 0 Å². The van der Waals surface area contributed by atoms with Gasteiger partial charge in [0.1, 0.15) is 0 Å². The molecule has 2 saturated carbocycles. The molecule has 0 amide bonds. The molecule has 0 aromatic carbocycles. The molecule has 14 heavy (non-hydrogen) atoms. The minimum absolute atomic E-state index is 0.181. The zero-order valence-corrected chi connectivity index (χ0v) is 9.30. The molecule has 2 aliphatic rings. The SMILES string of the molecule is CCOCCCC1(N)CC2CCC1C2. The van der Waals surface area contributed by atoms with E-state index in [1.165, 1.54) is 32.1 Å². The fourth-order valence-corrected chi connectivity index (χ4v) is 3.44. The van der Waals surface area contributed by atoms with Crippen molar-refractivity contribution in [2.75, 3.05) is 13.2 Å². The van der Waals surface area contributed by atoms with E-state index in [1.807, 2.05) is 0 Å². The Kier molecular flexibility index (Phi) is 3.13. The summed E-state index contributed by atoms with van der Waals surface area (Å²) in [5.74, 6) is 1.78. The molecular formula is C12H23NO. The third kappa shape index (κ3) is 1.96. The molecule has 82 valence electrons. The van der Waals surface area contributed by atoms with Gasteiger partial charge in [0.15, 0.2) is 0 Å². The molecule has 3 unspecified atom stereocenters. The summed E-state index contributed by atoms with van der Waals surface area (Å²) in [6.45, 7) is 3.78. The molecule has 2 heteroatoms. The average Bonchev–Trinajstić information content (AvgIpc) is 2.72. The first-order valence-electron chi connectivity index (χ1n) is 6.11. The summed E-state index contributed by atoms with van der Waals surface area (Å²) in [6, 6.07) is 0. The number of fused-ring (bicyclic) bond motifs is 2. The van der Waals surface area contributed by atoms with Crippen LogP contribution >= 0.6 is 0 Å². The molecule has 0 radical (unpaired) electrons. The Bertz CT molecular complexity index is 195. The van der Waals surface area contributed by atoms with Gasteiger partial charge >= 0.3 is 0 Å². The fraction of sp³-hybridized carbons (Fsp3) is 1.00. The van der Waals surface area contributed by atoms with Gasteiger partial charge in [-0.15, -0.1) is 0 Å². The average molecular weight is 197 g/mol. The van der Waals surface area contributed by atoms with Gasteiger partial charge < -0.3 is 10.5 Å². The van der Waals surface area contributed by atoms with E-state index in [4.69, 9.17) is 10.5 Å². The quantitative estimate of drug-likeness (QED) is 0.686. The summed E-state index contributed by atoms with van der Waals surface area (Å²) in [7, 11) is 0. The molecule has 0 aliphatic heterocycles. The molecule has 0 saturated heterocycles. The van der Waals surface area contributed by atoms with Crippen molar-refractivity contribution in [1.82, 2.24) is 0 Å². The first-order valence-corrected chi connectivity index (χ1v) is 6.11. The third-order valence-electron chi connectivity index (χ3n) is 4.16. The maximum atomic E-state index is 6.47. The number of ether oxygens (including phenoxy) is 1. The van der Waals surface area contributed by atoms with Crippen molar-refractivity contribution in [3.8, 4) is 0 Å². The normalized spacial score (nSPS) is 40.7. The summed E-state index contributed by atoms with van der Waals surface area (Å²) in [6.07, 6.45) is 7.83. The van der Waals surface area contributed by atoms with E-state index in [9.17, 15) is 0 Å². The van der Waals surface area contributed by atoms with Crippen molar-refractivity contribution in [1.29, 1.82) is 0 Å². The van der Waals surface area contributed by atoms with Gasteiger partial charge in [-0.25, -0.2) is 0 Å². The van der Waals surface area contributed by atoms with Crippen LogP contribution in [0.15, 0.2) is 0 Å². The Morgan fingerprint density at radius 3 is 2.86 bits per heavy atom. The van der Waals surface area contributed by atoms with E-state index in [1.54, 1.807) is 0 Å². The zero-order chi connectivity index (χ0) is 10.0. The Balaban J connectivity index is 1.74. The number of hydrogen-bond donors (Lipinski definition) is 1. The monoisotopic (exact) mass is 197 g/mol. The van der Waals surface area contributed by atoms with Crippen LogP contribution in [0.2, 0.25) is 0 Å². The van der Waals surface area contributed by atoms with Crippen molar-refractivity contribution in [2.24, 2.45) is 17.6 Å².